The predicted molar refractivity (Wildman–Crippen MR) is 159 cm³/mol. The highest BCUT2D eigenvalue weighted by Gasteiger charge is 2.34. The fourth-order valence-corrected chi connectivity index (χ4v) is 6.87. The number of isothiocyanates is 3. The number of nitrogens with zero attached hydrogens (tertiary/aromatic N) is 3. The Balaban J connectivity index is 2.13. The second-order valence-corrected chi connectivity index (χ2v) is 11.6. The van der Waals surface area contributed by atoms with Gasteiger partial charge in [0.15, 0.2) is 0 Å². The van der Waals surface area contributed by atoms with Crippen LogP contribution >= 0.6 is 36.7 Å². The van der Waals surface area contributed by atoms with Crippen molar-refractivity contribution in [1.29, 1.82) is 0 Å². The van der Waals surface area contributed by atoms with Crippen molar-refractivity contribution in [3.63, 3.8) is 0 Å². The summed E-state index contributed by atoms with van der Waals surface area (Å²) in [4.78, 5) is 0. The summed E-state index contributed by atoms with van der Waals surface area (Å²) in [6.07, 6.45) is 10.7. The Hall–Kier alpha value is -2.14. The number of hydrogen-bond donors (Lipinski definition) is 0. The van der Waals surface area contributed by atoms with Crippen molar-refractivity contribution in [3.8, 4) is 16.9 Å². The molecule has 0 saturated carbocycles. The molecule has 4 nitrogen and oxygen atoms in total. The fraction of sp³-hybridized carbons (Fsp3) is 0.444. The van der Waals surface area contributed by atoms with Gasteiger partial charge in [0, 0.05) is 11.6 Å². The molecule has 0 amide bonds. The van der Waals surface area contributed by atoms with E-state index in [0.29, 0.717) is 19.1 Å². The number of thiocarbonyl (C=S) groups is 3. The summed E-state index contributed by atoms with van der Waals surface area (Å²) in [6, 6.07) is 17.4. The zero-order chi connectivity index (χ0) is 25.2. The zero-order valence-corrected chi connectivity index (χ0v) is 23.8. The number of aryl methyl sites for hydroxylation is 1. The van der Waals surface area contributed by atoms with Crippen molar-refractivity contribution in [3.05, 3.63) is 54.1 Å². The molecule has 0 bridgehead atoms. The number of hydrogen-bond acceptors (Lipinski definition) is 7. The summed E-state index contributed by atoms with van der Waals surface area (Å²) in [6.45, 7) is 2.75. The lowest BCUT2D eigenvalue weighted by atomic mass is 9.98. The molecule has 35 heavy (non-hydrogen) atoms. The normalized spacial score (nSPS) is 11.9. The zero-order valence-electron chi connectivity index (χ0n) is 20.4. The minimum absolute atomic E-state index is 0.495. The Morgan fingerprint density at radius 3 is 2.00 bits per heavy atom. The fourth-order valence-electron chi connectivity index (χ4n) is 4.02. The van der Waals surface area contributed by atoms with Gasteiger partial charge in [0.25, 0.3) is 0 Å². The molecule has 0 radical (unpaired) electrons. The number of rotatable bonds is 17. The second kappa shape index (κ2) is 17.3. The van der Waals surface area contributed by atoms with E-state index in [-0.39, 0.29) is 0 Å². The van der Waals surface area contributed by atoms with Crippen LogP contribution in [0.4, 0.5) is 0 Å². The molecule has 0 aliphatic heterocycles. The van der Waals surface area contributed by atoms with Crippen molar-refractivity contribution in [2.24, 2.45) is 14.0 Å². The number of para-hydroxylation sites is 1. The lowest BCUT2D eigenvalue weighted by Crippen LogP contribution is -2.28. The first-order chi connectivity index (χ1) is 17.2. The third kappa shape index (κ3) is 10.2. The van der Waals surface area contributed by atoms with E-state index in [1.165, 1.54) is 44.1 Å². The van der Waals surface area contributed by atoms with E-state index < -0.39 is 8.56 Å². The summed E-state index contributed by atoms with van der Waals surface area (Å²) in [7, 11) is -2.92. The molecule has 2 rings (SSSR count). The summed E-state index contributed by atoms with van der Waals surface area (Å²) in [5.41, 5.74) is 3.50. The maximum Gasteiger partial charge on any atom is 0.461 e. The van der Waals surface area contributed by atoms with Crippen LogP contribution in [-0.2, 0) is 6.42 Å². The minimum Gasteiger partial charge on any atom is -0.493 e. The van der Waals surface area contributed by atoms with Gasteiger partial charge in [-0.15, -0.1) is 0 Å². The van der Waals surface area contributed by atoms with Gasteiger partial charge in [-0.1, -0.05) is 94.0 Å². The van der Waals surface area contributed by atoms with Crippen molar-refractivity contribution in [2.75, 3.05) is 6.61 Å². The SMILES string of the molecule is CCCCCCCCCc1cccc(-c2ccccc2)c1OCCC[Si](N=C=S)(N=C=S)N=C=S. The lowest BCUT2D eigenvalue weighted by molar-refractivity contribution is 0.314. The van der Waals surface area contributed by atoms with Crippen LogP contribution in [0.5, 0.6) is 5.75 Å². The van der Waals surface area contributed by atoms with Gasteiger partial charge in [0.2, 0.25) is 0 Å². The maximum atomic E-state index is 6.42. The quantitative estimate of drug-likeness (QED) is 0.0873. The molecule has 0 fully saturated rings. The average Bonchev–Trinajstić information content (AvgIpc) is 2.87. The third-order valence-corrected chi connectivity index (χ3v) is 9.00. The molecule has 0 saturated heterocycles. The van der Waals surface area contributed by atoms with E-state index in [2.05, 4.69) is 78.8 Å². The lowest BCUT2D eigenvalue weighted by Gasteiger charge is -2.18. The van der Waals surface area contributed by atoms with Crippen LogP contribution in [0.15, 0.2) is 62.5 Å². The number of benzene rings is 2. The van der Waals surface area contributed by atoms with Gasteiger partial charge >= 0.3 is 8.56 Å². The molecule has 0 aliphatic rings. The molecule has 0 spiro atoms. The van der Waals surface area contributed by atoms with Gasteiger partial charge in [0.05, 0.1) is 22.1 Å². The largest absolute Gasteiger partial charge is 0.493 e. The van der Waals surface area contributed by atoms with Gasteiger partial charge in [0.1, 0.15) is 5.75 Å². The summed E-state index contributed by atoms with van der Waals surface area (Å²) >= 11 is 14.4. The molecule has 184 valence electrons. The van der Waals surface area contributed by atoms with Gasteiger partial charge < -0.3 is 4.74 Å². The first-order valence-corrected chi connectivity index (χ1v) is 15.5. The van der Waals surface area contributed by atoms with E-state index in [1.54, 1.807) is 0 Å². The second-order valence-electron chi connectivity index (χ2n) is 8.37. The molecular formula is C27H33N3OS3Si. The number of ether oxygens (including phenoxy) is 1. The Kier molecular flexibility index (Phi) is 14.4. The van der Waals surface area contributed by atoms with Crippen LogP contribution < -0.4 is 4.74 Å². The summed E-state index contributed by atoms with van der Waals surface area (Å²) in [5, 5.41) is 7.17. The van der Waals surface area contributed by atoms with E-state index in [4.69, 9.17) is 41.4 Å². The molecular weight excluding hydrogens is 507 g/mol. The van der Waals surface area contributed by atoms with E-state index in [9.17, 15) is 0 Å². The maximum absolute atomic E-state index is 6.42. The Labute approximate surface area is 226 Å². The standard InChI is InChI=1S/C27H33N3OS3Si/c1-2-3-4-5-6-7-9-16-25-17-12-18-26(24-14-10-8-11-15-24)27(25)31-19-13-20-35(28-21-32,29-22-33)30-23-34/h8,10-12,14-15,17-18H,2-7,9,13,16,19-20H2,1H3. The molecule has 2 aromatic rings. The monoisotopic (exact) mass is 539 g/mol. The van der Waals surface area contributed by atoms with Crippen LogP contribution in [0.3, 0.4) is 0 Å². The topological polar surface area (TPSA) is 46.3 Å². The Morgan fingerprint density at radius 1 is 0.743 bits per heavy atom. The van der Waals surface area contributed by atoms with Crippen molar-refractivity contribution in [2.45, 2.75) is 70.8 Å². The molecule has 0 aromatic heterocycles. The molecule has 8 heteroatoms. The molecule has 0 unspecified atom stereocenters. The van der Waals surface area contributed by atoms with Crippen LogP contribution in [0, 0.1) is 0 Å². The molecule has 0 aliphatic carbocycles. The highest BCUT2D eigenvalue weighted by atomic mass is 32.1. The van der Waals surface area contributed by atoms with Crippen molar-refractivity contribution < 1.29 is 4.74 Å². The minimum atomic E-state index is -2.92. The smallest absolute Gasteiger partial charge is 0.461 e. The highest BCUT2D eigenvalue weighted by Crippen LogP contribution is 2.34. The average molecular weight is 540 g/mol. The Bertz CT molecular complexity index is 1020. The number of unbranched alkanes of at least 4 members (excludes halogenated alkanes) is 6. The van der Waals surface area contributed by atoms with E-state index in [0.717, 1.165) is 29.7 Å². The molecule has 2 aromatic carbocycles. The summed E-state index contributed by atoms with van der Waals surface area (Å²) in [5.74, 6) is 0.951. The van der Waals surface area contributed by atoms with Gasteiger partial charge in [-0.2, -0.15) is 0 Å². The van der Waals surface area contributed by atoms with Crippen LogP contribution in [-0.4, -0.2) is 30.6 Å². The van der Waals surface area contributed by atoms with Crippen LogP contribution in [0.25, 0.3) is 11.1 Å². The first-order valence-electron chi connectivity index (χ1n) is 12.3. The molecule has 0 heterocycles. The molecule has 0 N–H and O–H groups in total. The van der Waals surface area contributed by atoms with Crippen LogP contribution in [0.2, 0.25) is 6.04 Å². The Morgan fingerprint density at radius 2 is 1.37 bits per heavy atom. The van der Waals surface area contributed by atoms with E-state index >= 15 is 0 Å². The molecule has 0 atom stereocenters. The summed E-state index contributed by atoms with van der Waals surface area (Å²) < 4.78 is 19.0. The van der Waals surface area contributed by atoms with Gasteiger partial charge in [-0.05, 0) is 67.0 Å². The van der Waals surface area contributed by atoms with E-state index in [1.807, 2.05) is 6.07 Å². The first kappa shape index (κ1) is 29.1. The van der Waals surface area contributed by atoms with Crippen LogP contribution in [0.1, 0.15) is 63.9 Å². The van der Waals surface area contributed by atoms with Crippen molar-refractivity contribution >= 4 is 60.7 Å². The van der Waals surface area contributed by atoms with Crippen molar-refractivity contribution in [1.82, 2.24) is 0 Å². The highest BCUT2D eigenvalue weighted by molar-refractivity contribution is 7.78. The van der Waals surface area contributed by atoms with Gasteiger partial charge in [-0.3, -0.25) is 0 Å². The van der Waals surface area contributed by atoms with Gasteiger partial charge in [-0.25, -0.2) is 14.0 Å². The third-order valence-electron chi connectivity index (χ3n) is 5.81. The predicted octanol–water partition coefficient (Wildman–Crippen LogP) is 8.66.